The summed E-state index contributed by atoms with van der Waals surface area (Å²) in [5, 5.41) is 2.65. The second-order valence-corrected chi connectivity index (χ2v) is 6.73. The van der Waals surface area contributed by atoms with Crippen molar-refractivity contribution in [2.24, 2.45) is 0 Å². The summed E-state index contributed by atoms with van der Waals surface area (Å²) in [7, 11) is 0. The third kappa shape index (κ3) is 3.50. The van der Waals surface area contributed by atoms with Crippen molar-refractivity contribution in [3.8, 4) is 0 Å². The molecule has 1 aromatic carbocycles. The molecule has 1 amide bonds. The molecule has 1 heterocycles. The Hall–Kier alpha value is -1.56. The van der Waals surface area contributed by atoms with E-state index >= 15 is 0 Å². The third-order valence-electron chi connectivity index (χ3n) is 3.02. The summed E-state index contributed by atoms with van der Waals surface area (Å²) in [5.41, 5.74) is 0.577. The van der Waals surface area contributed by atoms with E-state index in [0.717, 1.165) is 0 Å². The standard InChI is InChI=1S/C14H16FNO3S/c1-14(2)13(18)16-11(8-20-14)12(17)19-7-9-4-3-5-10(15)6-9/h3-6,11H,7-8H2,1-2H3,(H,16,18)/t11-/m1/s1. The van der Waals surface area contributed by atoms with E-state index in [9.17, 15) is 14.0 Å². The average molecular weight is 297 g/mol. The van der Waals surface area contributed by atoms with E-state index in [1.165, 1.54) is 23.9 Å². The zero-order valence-corrected chi connectivity index (χ0v) is 12.1. The Kier molecular flexibility index (Phi) is 4.32. The van der Waals surface area contributed by atoms with Crippen LogP contribution < -0.4 is 5.32 Å². The number of carbonyl (C=O) groups excluding carboxylic acids is 2. The van der Waals surface area contributed by atoms with Gasteiger partial charge in [-0.25, -0.2) is 9.18 Å². The molecule has 0 radical (unpaired) electrons. The monoisotopic (exact) mass is 297 g/mol. The van der Waals surface area contributed by atoms with Gasteiger partial charge < -0.3 is 10.1 Å². The lowest BCUT2D eigenvalue weighted by Gasteiger charge is -2.32. The van der Waals surface area contributed by atoms with Crippen LogP contribution in [0.2, 0.25) is 0 Å². The summed E-state index contributed by atoms with van der Waals surface area (Å²) in [5.74, 6) is -0.574. The van der Waals surface area contributed by atoms with E-state index in [4.69, 9.17) is 4.74 Å². The van der Waals surface area contributed by atoms with E-state index in [2.05, 4.69) is 5.32 Å². The summed E-state index contributed by atoms with van der Waals surface area (Å²) in [6.45, 7) is 3.61. The molecule has 2 rings (SSSR count). The van der Waals surface area contributed by atoms with Crippen molar-refractivity contribution < 1.29 is 18.7 Å². The predicted molar refractivity (Wildman–Crippen MR) is 74.7 cm³/mol. The van der Waals surface area contributed by atoms with Gasteiger partial charge >= 0.3 is 5.97 Å². The fourth-order valence-electron chi connectivity index (χ4n) is 1.74. The lowest BCUT2D eigenvalue weighted by atomic mass is 10.1. The quantitative estimate of drug-likeness (QED) is 0.866. The lowest BCUT2D eigenvalue weighted by molar-refractivity contribution is -0.148. The Balaban J connectivity index is 1.88. The molecule has 0 bridgehead atoms. The second-order valence-electron chi connectivity index (χ2n) is 5.08. The molecule has 0 unspecified atom stereocenters. The molecule has 4 nitrogen and oxygen atoms in total. The highest BCUT2D eigenvalue weighted by atomic mass is 32.2. The second kappa shape index (κ2) is 5.83. The molecule has 1 aliphatic heterocycles. The first-order chi connectivity index (χ1) is 9.38. The number of ether oxygens (including phenoxy) is 1. The number of hydrogen-bond donors (Lipinski definition) is 1. The molecule has 1 fully saturated rings. The van der Waals surface area contributed by atoms with Crippen LogP contribution in [0.1, 0.15) is 19.4 Å². The van der Waals surface area contributed by atoms with Gasteiger partial charge in [0.25, 0.3) is 0 Å². The van der Waals surface area contributed by atoms with E-state index < -0.39 is 16.8 Å². The van der Waals surface area contributed by atoms with Gasteiger partial charge in [0.1, 0.15) is 18.5 Å². The van der Waals surface area contributed by atoms with Gasteiger partial charge in [-0.1, -0.05) is 12.1 Å². The minimum atomic E-state index is -0.644. The highest BCUT2D eigenvalue weighted by molar-refractivity contribution is 8.01. The van der Waals surface area contributed by atoms with Crippen molar-refractivity contribution in [1.29, 1.82) is 0 Å². The first-order valence-electron chi connectivity index (χ1n) is 6.24. The smallest absolute Gasteiger partial charge is 0.329 e. The molecule has 108 valence electrons. The van der Waals surface area contributed by atoms with Gasteiger partial charge in [0.2, 0.25) is 5.91 Å². The molecule has 0 aliphatic carbocycles. The number of esters is 1. The Morgan fingerprint density at radius 3 is 2.95 bits per heavy atom. The number of carbonyl (C=O) groups is 2. The van der Waals surface area contributed by atoms with Crippen molar-refractivity contribution in [3.63, 3.8) is 0 Å². The van der Waals surface area contributed by atoms with Crippen LogP contribution >= 0.6 is 11.8 Å². The van der Waals surface area contributed by atoms with Crippen LogP contribution in [0.25, 0.3) is 0 Å². The molecule has 0 aromatic heterocycles. The fraction of sp³-hybridized carbons (Fsp3) is 0.429. The van der Waals surface area contributed by atoms with Crippen molar-refractivity contribution in [3.05, 3.63) is 35.6 Å². The number of amides is 1. The highest BCUT2D eigenvalue weighted by Gasteiger charge is 2.38. The van der Waals surface area contributed by atoms with E-state index in [-0.39, 0.29) is 18.3 Å². The van der Waals surface area contributed by atoms with Gasteiger partial charge in [-0.05, 0) is 31.5 Å². The fourth-order valence-corrected chi connectivity index (χ4v) is 2.73. The number of nitrogens with one attached hydrogen (secondary N) is 1. The van der Waals surface area contributed by atoms with Crippen molar-refractivity contribution >= 4 is 23.6 Å². The normalized spacial score (nSPS) is 21.1. The van der Waals surface area contributed by atoms with Crippen LogP contribution in [0.5, 0.6) is 0 Å². The van der Waals surface area contributed by atoms with Gasteiger partial charge in [-0.3, -0.25) is 4.79 Å². The maximum absolute atomic E-state index is 13.0. The highest BCUT2D eigenvalue weighted by Crippen LogP contribution is 2.29. The Morgan fingerprint density at radius 2 is 2.30 bits per heavy atom. The number of halogens is 1. The molecule has 1 N–H and O–H groups in total. The van der Waals surface area contributed by atoms with E-state index in [1.807, 2.05) is 0 Å². The molecule has 1 saturated heterocycles. The van der Waals surface area contributed by atoms with Crippen molar-refractivity contribution in [2.75, 3.05) is 5.75 Å². The predicted octanol–water partition coefficient (Wildman–Crippen LogP) is 1.88. The van der Waals surface area contributed by atoms with Crippen LogP contribution in [0, 0.1) is 5.82 Å². The van der Waals surface area contributed by atoms with Gasteiger partial charge in [0, 0.05) is 5.75 Å². The summed E-state index contributed by atoms with van der Waals surface area (Å²) in [6.07, 6.45) is 0. The van der Waals surface area contributed by atoms with Gasteiger partial charge in [-0.2, -0.15) is 0 Å². The van der Waals surface area contributed by atoms with Crippen LogP contribution in [-0.4, -0.2) is 28.4 Å². The minimum Gasteiger partial charge on any atom is -0.459 e. The van der Waals surface area contributed by atoms with E-state index in [0.29, 0.717) is 11.3 Å². The number of benzene rings is 1. The molecule has 0 spiro atoms. The number of hydrogen-bond acceptors (Lipinski definition) is 4. The zero-order valence-electron chi connectivity index (χ0n) is 11.3. The summed E-state index contributed by atoms with van der Waals surface area (Å²) < 4.78 is 17.6. The van der Waals surface area contributed by atoms with Crippen LogP contribution in [-0.2, 0) is 20.9 Å². The number of thioether (sulfide) groups is 1. The third-order valence-corrected chi connectivity index (χ3v) is 4.42. The topological polar surface area (TPSA) is 55.4 Å². The molecule has 0 saturated carbocycles. The lowest BCUT2D eigenvalue weighted by Crippen LogP contribution is -2.54. The zero-order chi connectivity index (χ0) is 14.8. The largest absolute Gasteiger partial charge is 0.459 e. The molecular weight excluding hydrogens is 281 g/mol. The minimum absolute atomic E-state index is 0.00295. The first-order valence-corrected chi connectivity index (χ1v) is 7.23. The summed E-state index contributed by atoms with van der Waals surface area (Å²) >= 11 is 1.42. The molecule has 1 atom stereocenters. The summed E-state index contributed by atoms with van der Waals surface area (Å²) in [6, 6.07) is 5.22. The van der Waals surface area contributed by atoms with Crippen molar-refractivity contribution in [1.82, 2.24) is 5.32 Å². The molecule has 20 heavy (non-hydrogen) atoms. The molecular formula is C14H16FNO3S. The van der Waals surface area contributed by atoms with Crippen molar-refractivity contribution in [2.45, 2.75) is 31.2 Å². The molecule has 1 aliphatic rings. The average Bonchev–Trinajstić information content (AvgIpc) is 2.39. The SMILES string of the molecule is CC1(C)SC[C@H](C(=O)OCc2cccc(F)c2)NC1=O. The molecule has 6 heteroatoms. The summed E-state index contributed by atoms with van der Waals surface area (Å²) in [4.78, 5) is 23.6. The maximum Gasteiger partial charge on any atom is 0.329 e. The Labute approximate surface area is 121 Å². The molecule has 1 aromatic rings. The maximum atomic E-state index is 13.0. The first kappa shape index (κ1) is 14.8. The Bertz CT molecular complexity index is 533. The van der Waals surface area contributed by atoms with Crippen LogP contribution in [0.15, 0.2) is 24.3 Å². The van der Waals surface area contributed by atoms with Crippen LogP contribution in [0.3, 0.4) is 0 Å². The van der Waals surface area contributed by atoms with E-state index in [1.54, 1.807) is 26.0 Å². The van der Waals surface area contributed by atoms with Gasteiger partial charge in [0.05, 0.1) is 4.75 Å². The van der Waals surface area contributed by atoms with Gasteiger partial charge in [-0.15, -0.1) is 11.8 Å². The van der Waals surface area contributed by atoms with Gasteiger partial charge in [0.15, 0.2) is 0 Å². The number of rotatable bonds is 3. The Morgan fingerprint density at radius 1 is 1.55 bits per heavy atom. The van der Waals surface area contributed by atoms with Crippen LogP contribution in [0.4, 0.5) is 4.39 Å².